The molecule has 2 atom stereocenters. The zero-order valence-corrected chi connectivity index (χ0v) is 12.1. The highest BCUT2D eigenvalue weighted by molar-refractivity contribution is 5.75. The lowest BCUT2D eigenvalue weighted by atomic mass is 10.1. The molecule has 0 spiro atoms. The summed E-state index contributed by atoms with van der Waals surface area (Å²) >= 11 is 0. The molecule has 0 aromatic carbocycles. The number of esters is 1. The first-order valence-corrected chi connectivity index (χ1v) is 7.12. The van der Waals surface area contributed by atoms with Gasteiger partial charge in [-0.1, -0.05) is 13.3 Å². The Kier molecular flexibility index (Phi) is 7.26. The Hall–Kier alpha value is -1.29. The van der Waals surface area contributed by atoms with Crippen LogP contribution in [0, 0.1) is 0 Å². The summed E-state index contributed by atoms with van der Waals surface area (Å²) in [4.78, 5) is 11.8. The molecule has 0 aliphatic heterocycles. The minimum Gasteiger partial charge on any atom is -0.469 e. The monoisotopic (exact) mass is 267 g/mol. The van der Waals surface area contributed by atoms with E-state index in [-0.39, 0.29) is 18.1 Å². The molecule has 0 saturated carbocycles. The molecule has 0 bridgehead atoms. The first kappa shape index (κ1) is 15.8. The molecule has 4 nitrogen and oxygen atoms in total. The number of aryl methyl sites for hydroxylation is 1. The van der Waals surface area contributed by atoms with Gasteiger partial charge in [0.15, 0.2) is 0 Å². The maximum Gasteiger partial charge on any atom is 0.323 e. The second-order valence-corrected chi connectivity index (χ2v) is 4.78. The van der Waals surface area contributed by atoms with E-state index in [9.17, 15) is 4.79 Å². The maximum atomic E-state index is 11.8. The number of rotatable bonds is 9. The van der Waals surface area contributed by atoms with E-state index in [2.05, 4.69) is 19.2 Å². The first-order chi connectivity index (χ1) is 9.17. The predicted molar refractivity (Wildman–Crippen MR) is 75.0 cm³/mol. The topological polar surface area (TPSA) is 51.5 Å². The molecule has 108 valence electrons. The van der Waals surface area contributed by atoms with Crippen molar-refractivity contribution in [3.63, 3.8) is 0 Å². The van der Waals surface area contributed by atoms with Gasteiger partial charge in [0, 0.05) is 12.5 Å². The molecule has 1 rings (SSSR count). The van der Waals surface area contributed by atoms with Crippen LogP contribution in [0.4, 0.5) is 0 Å². The van der Waals surface area contributed by atoms with E-state index < -0.39 is 0 Å². The van der Waals surface area contributed by atoms with Crippen molar-refractivity contribution in [2.24, 2.45) is 0 Å². The van der Waals surface area contributed by atoms with E-state index in [0.717, 1.165) is 31.4 Å². The zero-order chi connectivity index (χ0) is 14.1. The number of carbonyl (C=O) groups is 1. The van der Waals surface area contributed by atoms with Crippen molar-refractivity contribution in [1.82, 2.24) is 5.32 Å². The van der Waals surface area contributed by atoms with Crippen LogP contribution in [-0.4, -0.2) is 24.7 Å². The molecule has 2 unspecified atom stereocenters. The van der Waals surface area contributed by atoms with E-state index in [1.807, 2.05) is 19.1 Å². The molecule has 1 N–H and O–H groups in total. The van der Waals surface area contributed by atoms with Crippen LogP contribution in [0.25, 0.3) is 0 Å². The van der Waals surface area contributed by atoms with Crippen molar-refractivity contribution in [2.75, 3.05) is 6.61 Å². The summed E-state index contributed by atoms with van der Waals surface area (Å²) in [6.07, 6.45) is 5.27. The Morgan fingerprint density at radius 2 is 2.21 bits per heavy atom. The molecule has 1 aromatic heterocycles. The predicted octanol–water partition coefficient (Wildman–Crippen LogP) is 2.92. The van der Waals surface area contributed by atoms with Crippen LogP contribution in [-0.2, 0) is 16.0 Å². The van der Waals surface area contributed by atoms with Gasteiger partial charge in [-0.25, -0.2) is 0 Å². The van der Waals surface area contributed by atoms with Gasteiger partial charge in [-0.05, 0) is 38.8 Å². The highest BCUT2D eigenvalue weighted by Gasteiger charge is 2.20. The van der Waals surface area contributed by atoms with Gasteiger partial charge in [0.05, 0.1) is 12.9 Å². The van der Waals surface area contributed by atoms with Gasteiger partial charge in [0.25, 0.3) is 0 Å². The van der Waals surface area contributed by atoms with E-state index in [1.54, 1.807) is 6.26 Å². The van der Waals surface area contributed by atoms with Crippen molar-refractivity contribution >= 4 is 5.97 Å². The molecule has 0 saturated heterocycles. The van der Waals surface area contributed by atoms with Crippen LogP contribution in [0.3, 0.4) is 0 Å². The van der Waals surface area contributed by atoms with Crippen LogP contribution >= 0.6 is 0 Å². The Bertz CT molecular complexity index is 348. The Morgan fingerprint density at radius 3 is 2.79 bits per heavy atom. The first-order valence-electron chi connectivity index (χ1n) is 7.12. The lowest BCUT2D eigenvalue weighted by molar-refractivity contribution is -0.146. The molecule has 0 radical (unpaired) electrons. The molecule has 19 heavy (non-hydrogen) atoms. The highest BCUT2D eigenvalue weighted by atomic mass is 16.5. The Morgan fingerprint density at radius 1 is 1.42 bits per heavy atom. The van der Waals surface area contributed by atoms with Gasteiger partial charge >= 0.3 is 5.97 Å². The Balaban J connectivity index is 2.37. The zero-order valence-electron chi connectivity index (χ0n) is 12.1. The molecule has 0 aliphatic carbocycles. The van der Waals surface area contributed by atoms with Crippen molar-refractivity contribution in [1.29, 1.82) is 0 Å². The molecular formula is C15H25NO3. The largest absolute Gasteiger partial charge is 0.469 e. The highest BCUT2D eigenvalue weighted by Crippen LogP contribution is 2.08. The summed E-state index contributed by atoms with van der Waals surface area (Å²) in [6.45, 7) is 6.43. The lowest BCUT2D eigenvalue weighted by Gasteiger charge is -2.21. The second kappa shape index (κ2) is 8.75. The van der Waals surface area contributed by atoms with Crippen molar-refractivity contribution in [3.05, 3.63) is 24.2 Å². The van der Waals surface area contributed by atoms with Crippen LogP contribution in [0.15, 0.2) is 22.8 Å². The summed E-state index contributed by atoms with van der Waals surface area (Å²) in [6, 6.07) is 3.93. The summed E-state index contributed by atoms with van der Waals surface area (Å²) in [5.74, 6) is 0.839. The number of furan rings is 1. The molecule has 1 heterocycles. The maximum absolute atomic E-state index is 11.8. The fourth-order valence-electron chi connectivity index (χ4n) is 2.04. The minimum atomic E-state index is -0.198. The molecule has 4 heteroatoms. The average Bonchev–Trinajstić information content (AvgIpc) is 2.89. The number of hydrogen-bond donors (Lipinski definition) is 1. The quantitative estimate of drug-likeness (QED) is 0.699. The van der Waals surface area contributed by atoms with Crippen LogP contribution in [0.2, 0.25) is 0 Å². The SMILES string of the molecule is CCCC(NC(C)CCc1ccco1)C(=O)OCC. The third-order valence-electron chi connectivity index (χ3n) is 3.04. The van der Waals surface area contributed by atoms with Gasteiger partial charge in [-0.2, -0.15) is 0 Å². The molecule has 0 aliphatic rings. The third kappa shape index (κ3) is 5.92. The molecule has 1 aromatic rings. The standard InChI is InChI=1S/C15H25NO3/c1-4-7-14(15(17)18-5-2)16-12(3)9-10-13-8-6-11-19-13/h6,8,11-12,14,16H,4-5,7,9-10H2,1-3H3. The average molecular weight is 267 g/mol. The van der Waals surface area contributed by atoms with Gasteiger partial charge in [0.1, 0.15) is 11.8 Å². The summed E-state index contributed by atoms with van der Waals surface area (Å²) < 4.78 is 10.4. The van der Waals surface area contributed by atoms with Gasteiger partial charge in [-0.15, -0.1) is 0 Å². The normalized spacial score (nSPS) is 14.1. The van der Waals surface area contributed by atoms with Gasteiger partial charge < -0.3 is 14.5 Å². The Labute approximate surface area is 115 Å². The van der Waals surface area contributed by atoms with Gasteiger partial charge in [-0.3, -0.25) is 4.79 Å². The van der Waals surface area contributed by atoms with E-state index in [4.69, 9.17) is 9.15 Å². The van der Waals surface area contributed by atoms with E-state index >= 15 is 0 Å². The number of nitrogens with one attached hydrogen (secondary N) is 1. The van der Waals surface area contributed by atoms with Crippen molar-refractivity contribution < 1.29 is 13.9 Å². The fraction of sp³-hybridized carbons (Fsp3) is 0.667. The molecule has 0 fully saturated rings. The van der Waals surface area contributed by atoms with Crippen molar-refractivity contribution in [2.45, 2.75) is 58.5 Å². The summed E-state index contributed by atoms with van der Waals surface area (Å²) in [7, 11) is 0. The number of hydrogen-bond acceptors (Lipinski definition) is 4. The molecule has 0 amide bonds. The van der Waals surface area contributed by atoms with Crippen LogP contribution in [0.5, 0.6) is 0 Å². The third-order valence-corrected chi connectivity index (χ3v) is 3.04. The van der Waals surface area contributed by atoms with Gasteiger partial charge in [0.2, 0.25) is 0 Å². The minimum absolute atomic E-state index is 0.144. The van der Waals surface area contributed by atoms with Crippen molar-refractivity contribution in [3.8, 4) is 0 Å². The van der Waals surface area contributed by atoms with E-state index in [1.165, 1.54) is 0 Å². The second-order valence-electron chi connectivity index (χ2n) is 4.78. The van der Waals surface area contributed by atoms with Crippen LogP contribution < -0.4 is 5.32 Å². The fourth-order valence-corrected chi connectivity index (χ4v) is 2.04. The number of ether oxygens (including phenoxy) is 1. The summed E-state index contributed by atoms with van der Waals surface area (Å²) in [5, 5.41) is 3.35. The van der Waals surface area contributed by atoms with E-state index in [0.29, 0.717) is 6.61 Å². The summed E-state index contributed by atoms with van der Waals surface area (Å²) in [5.41, 5.74) is 0. The smallest absolute Gasteiger partial charge is 0.323 e. The van der Waals surface area contributed by atoms with Crippen LogP contribution in [0.1, 0.15) is 45.8 Å². The lowest BCUT2D eigenvalue weighted by Crippen LogP contribution is -2.43. The number of carbonyl (C=O) groups excluding carboxylic acids is 1. The molecular weight excluding hydrogens is 242 g/mol.